The topological polar surface area (TPSA) is 68.6 Å². The number of hydrogen-bond acceptors (Lipinski definition) is 6. The van der Waals surface area contributed by atoms with Crippen molar-refractivity contribution in [3.8, 4) is 0 Å². The van der Waals surface area contributed by atoms with Crippen LogP contribution >= 0.6 is 0 Å². The average Bonchev–Trinajstić information content (AvgIpc) is 2.77. The molecule has 0 radical (unpaired) electrons. The molecule has 5 rings (SSSR count). The van der Waals surface area contributed by atoms with Crippen LogP contribution in [0.1, 0.15) is 30.0 Å². The van der Waals surface area contributed by atoms with Crippen LogP contribution in [0.5, 0.6) is 0 Å². The van der Waals surface area contributed by atoms with Gasteiger partial charge in [-0.15, -0.1) is 0 Å². The van der Waals surface area contributed by atoms with E-state index in [9.17, 15) is 0 Å². The van der Waals surface area contributed by atoms with E-state index in [4.69, 9.17) is 5.73 Å². The van der Waals surface area contributed by atoms with Gasteiger partial charge in [0.05, 0.1) is 6.04 Å². The maximum Gasteiger partial charge on any atom is 0.0622 e. The van der Waals surface area contributed by atoms with E-state index in [0.29, 0.717) is 6.54 Å². The quantitative estimate of drug-likeness (QED) is 0.573. The van der Waals surface area contributed by atoms with Crippen molar-refractivity contribution in [2.24, 2.45) is 5.73 Å². The molecule has 0 spiro atoms. The lowest BCUT2D eigenvalue weighted by Crippen LogP contribution is -2.42. The summed E-state index contributed by atoms with van der Waals surface area (Å²) in [7, 11) is 2.18. The lowest BCUT2D eigenvalue weighted by atomic mass is 9.81. The molecule has 0 aromatic heterocycles. The fourth-order valence-corrected chi connectivity index (χ4v) is 5.11. The fourth-order valence-electron chi connectivity index (χ4n) is 5.11. The first kappa shape index (κ1) is 22.5. The molecule has 6 heteroatoms. The molecule has 2 bridgehead atoms. The van der Waals surface area contributed by atoms with Gasteiger partial charge in [0.2, 0.25) is 0 Å². The zero-order valence-corrected chi connectivity index (χ0v) is 19.1. The number of benzene rings is 1. The molecule has 1 saturated heterocycles. The molecule has 2 aliphatic carbocycles. The van der Waals surface area contributed by atoms with Gasteiger partial charge in [-0.05, 0) is 61.2 Å². The highest BCUT2D eigenvalue weighted by Gasteiger charge is 2.32. The molecule has 170 valence electrons. The molecule has 2 heterocycles. The predicted molar refractivity (Wildman–Crippen MR) is 129 cm³/mol. The van der Waals surface area contributed by atoms with Crippen molar-refractivity contribution in [3.05, 3.63) is 58.3 Å². The van der Waals surface area contributed by atoms with Crippen molar-refractivity contribution in [1.82, 2.24) is 25.8 Å². The van der Waals surface area contributed by atoms with Gasteiger partial charge < -0.3 is 26.6 Å². The van der Waals surface area contributed by atoms with Crippen molar-refractivity contribution in [2.75, 3.05) is 72.5 Å². The van der Waals surface area contributed by atoms with Gasteiger partial charge in [-0.2, -0.15) is 0 Å². The second kappa shape index (κ2) is 11.2. The molecule has 1 atom stereocenters. The Hall–Kier alpha value is -1.70. The van der Waals surface area contributed by atoms with Crippen molar-refractivity contribution in [1.29, 1.82) is 0 Å². The zero-order valence-electron chi connectivity index (χ0n) is 19.1. The SMILES string of the molecule is CN1CC=C2Cc3ccc(cc3)C(N3CCCNCCNCCCNCC3)C2=C1CN. The minimum Gasteiger partial charge on any atom is -0.373 e. The maximum atomic E-state index is 6.33. The largest absolute Gasteiger partial charge is 0.373 e. The summed E-state index contributed by atoms with van der Waals surface area (Å²) in [5, 5.41) is 10.8. The summed E-state index contributed by atoms with van der Waals surface area (Å²) in [5.41, 5.74) is 13.3. The summed E-state index contributed by atoms with van der Waals surface area (Å²) in [6.07, 6.45) is 5.75. The molecule has 1 fully saturated rings. The number of hydrogen-bond donors (Lipinski definition) is 4. The average molecular weight is 425 g/mol. The van der Waals surface area contributed by atoms with Crippen molar-refractivity contribution < 1.29 is 0 Å². The number of nitrogens with zero attached hydrogens (tertiary/aromatic N) is 2. The second-order valence-corrected chi connectivity index (χ2v) is 8.99. The fraction of sp³-hybridized carbons (Fsp3) is 0.600. The normalized spacial score (nSPS) is 24.8. The molecule has 2 aliphatic heterocycles. The van der Waals surface area contributed by atoms with Gasteiger partial charge in [0.25, 0.3) is 0 Å². The van der Waals surface area contributed by atoms with Crippen LogP contribution in [0.25, 0.3) is 0 Å². The molecular weight excluding hydrogens is 384 g/mol. The molecule has 31 heavy (non-hydrogen) atoms. The highest BCUT2D eigenvalue weighted by atomic mass is 15.2. The van der Waals surface area contributed by atoms with Crippen LogP contribution in [-0.2, 0) is 6.42 Å². The number of rotatable bonds is 2. The minimum atomic E-state index is 0.262. The predicted octanol–water partition coefficient (Wildman–Crippen LogP) is 1.23. The third-order valence-electron chi connectivity index (χ3n) is 6.81. The Morgan fingerprint density at radius 2 is 1.61 bits per heavy atom. The molecular formula is C25H40N6. The van der Waals surface area contributed by atoms with Gasteiger partial charge in [-0.25, -0.2) is 0 Å². The molecule has 0 amide bonds. The standard InChI is InChI=1S/C25H40N6/c1-30-16-8-22-18-20-4-6-21(7-5-20)25(24(22)23(30)19-26)31-15-3-11-28-13-12-27-9-2-10-29-14-17-31/h4-8,25,27-29H,2-3,9-19,26H2,1H3. The highest BCUT2D eigenvalue weighted by molar-refractivity contribution is 5.50. The van der Waals surface area contributed by atoms with Crippen LogP contribution in [0.2, 0.25) is 0 Å². The first-order valence-corrected chi connectivity index (χ1v) is 12.1. The van der Waals surface area contributed by atoms with E-state index >= 15 is 0 Å². The smallest absolute Gasteiger partial charge is 0.0622 e. The lowest BCUT2D eigenvalue weighted by Gasteiger charge is -2.41. The van der Waals surface area contributed by atoms with Gasteiger partial charge in [0.1, 0.15) is 0 Å². The van der Waals surface area contributed by atoms with E-state index < -0.39 is 0 Å². The molecule has 5 N–H and O–H groups in total. The summed E-state index contributed by atoms with van der Waals surface area (Å²) < 4.78 is 0. The summed E-state index contributed by atoms with van der Waals surface area (Å²) >= 11 is 0. The Balaban J connectivity index is 1.65. The molecule has 6 nitrogen and oxygen atoms in total. The van der Waals surface area contributed by atoms with Crippen LogP contribution in [0.4, 0.5) is 0 Å². The first-order valence-electron chi connectivity index (χ1n) is 12.1. The van der Waals surface area contributed by atoms with Crippen molar-refractivity contribution in [2.45, 2.75) is 25.3 Å². The van der Waals surface area contributed by atoms with Crippen LogP contribution in [-0.4, -0.2) is 82.3 Å². The van der Waals surface area contributed by atoms with E-state index in [0.717, 1.165) is 71.7 Å². The number of nitrogens with one attached hydrogen (secondary N) is 3. The summed E-state index contributed by atoms with van der Waals surface area (Å²) in [4.78, 5) is 5.04. The van der Waals surface area contributed by atoms with E-state index in [1.54, 1.807) is 0 Å². The molecule has 0 saturated carbocycles. The number of likely N-dealkylation sites (N-methyl/N-ethyl adjacent to an activating group) is 1. The van der Waals surface area contributed by atoms with Gasteiger partial charge in [-0.3, -0.25) is 4.90 Å². The Labute approximate surface area is 187 Å². The van der Waals surface area contributed by atoms with E-state index in [2.05, 4.69) is 63.1 Å². The van der Waals surface area contributed by atoms with Gasteiger partial charge in [-0.1, -0.05) is 30.3 Å². The maximum absolute atomic E-state index is 6.33. The van der Waals surface area contributed by atoms with Crippen LogP contribution < -0.4 is 21.7 Å². The van der Waals surface area contributed by atoms with Gasteiger partial charge in [0.15, 0.2) is 0 Å². The Morgan fingerprint density at radius 1 is 0.903 bits per heavy atom. The lowest BCUT2D eigenvalue weighted by molar-refractivity contribution is 0.214. The third-order valence-corrected chi connectivity index (χ3v) is 6.81. The first-order chi connectivity index (χ1) is 15.3. The van der Waals surface area contributed by atoms with Crippen LogP contribution in [0.15, 0.2) is 47.2 Å². The summed E-state index contributed by atoms with van der Waals surface area (Å²) in [6.45, 7) is 9.98. The van der Waals surface area contributed by atoms with E-state index in [1.807, 2.05) is 0 Å². The third kappa shape index (κ3) is 5.57. The van der Waals surface area contributed by atoms with Crippen LogP contribution in [0.3, 0.4) is 0 Å². The van der Waals surface area contributed by atoms with Gasteiger partial charge >= 0.3 is 0 Å². The summed E-state index contributed by atoms with van der Waals surface area (Å²) in [5.74, 6) is 0. The van der Waals surface area contributed by atoms with Crippen LogP contribution in [0, 0.1) is 0 Å². The minimum absolute atomic E-state index is 0.262. The molecule has 1 aromatic carbocycles. The Kier molecular flexibility index (Phi) is 8.16. The van der Waals surface area contributed by atoms with E-state index in [1.165, 1.54) is 34.4 Å². The highest BCUT2D eigenvalue weighted by Crippen LogP contribution is 2.40. The number of nitrogens with two attached hydrogens (primary N) is 1. The van der Waals surface area contributed by atoms with E-state index in [-0.39, 0.29) is 6.04 Å². The molecule has 1 aromatic rings. The number of fused-ring (bicyclic) bond motifs is 2. The summed E-state index contributed by atoms with van der Waals surface area (Å²) in [6, 6.07) is 9.58. The van der Waals surface area contributed by atoms with Crippen molar-refractivity contribution in [3.63, 3.8) is 0 Å². The molecule has 4 aliphatic rings. The Bertz CT molecular complexity index is 755. The molecule has 1 unspecified atom stereocenters. The second-order valence-electron chi connectivity index (χ2n) is 8.99. The van der Waals surface area contributed by atoms with Crippen molar-refractivity contribution >= 4 is 0 Å². The monoisotopic (exact) mass is 424 g/mol. The van der Waals surface area contributed by atoms with Gasteiger partial charge in [0, 0.05) is 58.6 Å². The zero-order chi connectivity index (χ0) is 21.5. The Morgan fingerprint density at radius 3 is 2.35 bits per heavy atom.